The van der Waals surface area contributed by atoms with Crippen LogP contribution in [0, 0.1) is 5.82 Å². The van der Waals surface area contributed by atoms with Gasteiger partial charge in [-0.05, 0) is 47.7 Å². The zero-order chi connectivity index (χ0) is 13.9. The molecule has 0 aliphatic rings. The van der Waals surface area contributed by atoms with Gasteiger partial charge in [-0.1, -0.05) is 6.92 Å². The Bertz CT molecular complexity index is 648. The minimum absolute atomic E-state index is 0.0727. The molecule has 1 aromatic carbocycles. The maximum Gasteiger partial charge on any atom is 0.240 e. The van der Waals surface area contributed by atoms with E-state index >= 15 is 0 Å². The van der Waals surface area contributed by atoms with Crippen molar-refractivity contribution in [2.75, 3.05) is 0 Å². The summed E-state index contributed by atoms with van der Waals surface area (Å²) in [6.07, 6.45) is 0.872. The molecule has 102 valence electrons. The van der Waals surface area contributed by atoms with Crippen LogP contribution in [-0.2, 0) is 23.0 Å². The summed E-state index contributed by atoms with van der Waals surface area (Å²) in [6.45, 7) is 2.29. The molecule has 0 saturated carbocycles. The van der Waals surface area contributed by atoms with Crippen LogP contribution in [-0.4, -0.2) is 8.42 Å². The Balaban J connectivity index is 2.12. The fraction of sp³-hybridized carbons (Fsp3) is 0.231. The molecule has 2 rings (SSSR count). The Morgan fingerprint density at radius 1 is 1.21 bits per heavy atom. The second kappa shape index (κ2) is 5.81. The fourth-order valence-corrected chi connectivity index (χ4v) is 3.70. The topological polar surface area (TPSA) is 46.2 Å². The van der Waals surface area contributed by atoms with Crippen LogP contribution in [0.3, 0.4) is 0 Å². The van der Waals surface area contributed by atoms with Gasteiger partial charge in [0.05, 0.1) is 4.90 Å². The lowest BCUT2D eigenvalue weighted by Gasteiger charge is -2.07. The van der Waals surface area contributed by atoms with Crippen molar-refractivity contribution in [3.05, 3.63) is 52.0 Å². The summed E-state index contributed by atoms with van der Waals surface area (Å²) in [5.74, 6) is -0.453. The predicted molar refractivity (Wildman–Crippen MR) is 74.1 cm³/mol. The molecule has 1 aromatic heterocycles. The molecule has 0 radical (unpaired) electrons. The van der Waals surface area contributed by atoms with Gasteiger partial charge in [0.2, 0.25) is 10.0 Å². The number of hydrogen-bond donors (Lipinski definition) is 1. The van der Waals surface area contributed by atoms with Crippen molar-refractivity contribution in [2.24, 2.45) is 0 Å². The Labute approximate surface area is 116 Å². The molecule has 0 spiro atoms. The minimum Gasteiger partial charge on any atom is -0.207 e. The Hall–Kier alpha value is -1.24. The molecule has 2 aromatic rings. The second-order valence-corrected chi connectivity index (χ2v) is 6.77. The van der Waals surface area contributed by atoms with Crippen LogP contribution in [0.5, 0.6) is 0 Å². The van der Waals surface area contributed by atoms with Gasteiger partial charge in [-0.15, -0.1) is 11.3 Å². The SMILES string of the molecule is CCc1ccsc1CNS(=O)(=O)c1ccc(F)cc1. The van der Waals surface area contributed by atoms with Crippen LogP contribution in [0.1, 0.15) is 17.4 Å². The lowest BCUT2D eigenvalue weighted by atomic mass is 10.2. The highest BCUT2D eigenvalue weighted by Gasteiger charge is 2.14. The molecule has 3 nitrogen and oxygen atoms in total. The average Bonchev–Trinajstić information content (AvgIpc) is 2.84. The Morgan fingerprint density at radius 3 is 2.53 bits per heavy atom. The van der Waals surface area contributed by atoms with Gasteiger partial charge in [-0.3, -0.25) is 0 Å². The molecule has 0 saturated heterocycles. The molecule has 6 heteroatoms. The molecule has 0 aliphatic carbocycles. The van der Waals surface area contributed by atoms with E-state index in [9.17, 15) is 12.8 Å². The number of aryl methyl sites for hydroxylation is 1. The molecule has 0 amide bonds. The van der Waals surface area contributed by atoms with Gasteiger partial charge in [0.25, 0.3) is 0 Å². The number of nitrogens with one attached hydrogen (secondary N) is 1. The van der Waals surface area contributed by atoms with Gasteiger partial charge in [0.15, 0.2) is 0 Å². The van der Waals surface area contributed by atoms with E-state index in [-0.39, 0.29) is 11.4 Å². The van der Waals surface area contributed by atoms with Gasteiger partial charge < -0.3 is 0 Å². The third-order valence-electron chi connectivity index (χ3n) is 2.77. The molecular weight excluding hydrogens is 285 g/mol. The minimum atomic E-state index is -3.59. The number of benzene rings is 1. The first-order chi connectivity index (χ1) is 9.03. The van der Waals surface area contributed by atoms with E-state index in [4.69, 9.17) is 0 Å². The van der Waals surface area contributed by atoms with Crippen LogP contribution in [0.15, 0.2) is 40.6 Å². The van der Waals surface area contributed by atoms with E-state index in [2.05, 4.69) is 4.72 Å². The first kappa shape index (κ1) is 14.2. The Kier molecular flexibility index (Phi) is 4.34. The van der Waals surface area contributed by atoms with Crippen LogP contribution < -0.4 is 4.72 Å². The standard InChI is InChI=1S/C13H14FNO2S2/c1-2-10-7-8-18-13(10)9-15-19(16,17)12-5-3-11(14)4-6-12/h3-8,15H,2,9H2,1H3. The molecular formula is C13H14FNO2S2. The molecule has 0 bridgehead atoms. The van der Waals surface area contributed by atoms with E-state index in [0.29, 0.717) is 0 Å². The third-order valence-corrected chi connectivity index (χ3v) is 5.15. The summed E-state index contributed by atoms with van der Waals surface area (Å²) in [5.41, 5.74) is 1.15. The van der Waals surface area contributed by atoms with Crippen LogP contribution in [0.25, 0.3) is 0 Å². The van der Waals surface area contributed by atoms with Crippen LogP contribution in [0.4, 0.5) is 4.39 Å². The predicted octanol–water partition coefficient (Wildman–Crippen LogP) is 2.93. The number of rotatable bonds is 5. The zero-order valence-corrected chi connectivity index (χ0v) is 12.0. The molecule has 0 unspecified atom stereocenters. The van der Waals surface area contributed by atoms with Crippen molar-refractivity contribution >= 4 is 21.4 Å². The average molecular weight is 299 g/mol. The number of halogens is 1. The van der Waals surface area contributed by atoms with Gasteiger partial charge in [0, 0.05) is 11.4 Å². The largest absolute Gasteiger partial charge is 0.240 e. The second-order valence-electron chi connectivity index (χ2n) is 4.00. The fourth-order valence-electron chi connectivity index (χ4n) is 1.69. The molecule has 1 N–H and O–H groups in total. The van der Waals surface area contributed by atoms with Crippen molar-refractivity contribution in [1.29, 1.82) is 0 Å². The summed E-state index contributed by atoms with van der Waals surface area (Å²) in [5, 5.41) is 1.94. The number of sulfonamides is 1. The quantitative estimate of drug-likeness (QED) is 0.922. The van der Waals surface area contributed by atoms with E-state index < -0.39 is 15.8 Å². The first-order valence-electron chi connectivity index (χ1n) is 5.83. The lowest BCUT2D eigenvalue weighted by Crippen LogP contribution is -2.23. The third kappa shape index (κ3) is 3.40. The van der Waals surface area contributed by atoms with Gasteiger partial charge in [0.1, 0.15) is 5.82 Å². The molecule has 0 fully saturated rings. The molecule has 0 aliphatic heterocycles. The van der Waals surface area contributed by atoms with E-state index in [1.807, 2.05) is 18.4 Å². The summed E-state index contributed by atoms with van der Waals surface area (Å²) in [6, 6.07) is 6.78. The molecule has 1 heterocycles. The first-order valence-corrected chi connectivity index (χ1v) is 8.19. The van der Waals surface area contributed by atoms with Crippen molar-refractivity contribution in [1.82, 2.24) is 4.72 Å². The van der Waals surface area contributed by atoms with E-state index in [1.165, 1.54) is 23.5 Å². The zero-order valence-electron chi connectivity index (χ0n) is 10.4. The smallest absolute Gasteiger partial charge is 0.207 e. The summed E-state index contributed by atoms with van der Waals surface area (Å²) < 4.78 is 39.3. The highest BCUT2D eigenvalue weighted by Crippen LogP contribution is 2.18. The Morgan fingerprint density at radius 2 is 1.89 bits per heavy atom. The summed E-state index contributed by atoms with van der Waals surface area (Å²) in [7, 11) is -3.59. The number of thiophene rings is 1. The monoisotopic (exact) mass is 299 g/mol. The van der Waals surface area contributed by atoms with E-state index in [0.717, 1.165) is 29.0 Å². The summed E-state index contributed by atoms with van der Waals surface area (Å²) >= 11 is 1.53. The van der Waals surface area contributed by atoms with Crippen molar-refractivity contribution < 1.29 is 12.8 Å². The summed E-state index contributed by atoms with van der Waals surface area (Å²) in [4.78, 5) is 1.08. The molecule has 19 heavy (non-hydrogen) atoms. The van der Waals surface area contributed by atoms with E-state index in [1.54, 1.807) is 0 Å². The van der Waals surface area contributed by atoms with Crippen LogP contribution >= 0.6 is 11.3 Å². The van der Waals surface area contributed by atoms with Gasteiger partial charge >= 0.3 is 0 Å². The van der Waals surface area contributed by atoms with Crippen LogP contribution in [0.2, 0.25) is 0 Å². The van der Waals surface area contributed by atoms with Gasteiger partial charge in [-0.2, -0.15) is 0 Å². The van der Waals surface area contributed by atoms with Crippen molar-refractivity contribution in [2.45, 2.75) is 24.8 Å². The maximum atomic E-state index is 12.8. The van der Waals surface area contributed by atoms with Gasteiger partial charge in [-0.25, -0.2) is 17.5 Å². The molecule has 0 atom stereocenters. The van der Waals surface area contributed by atoms with Crippen molar-refractivity contribution in [3.8, 4) is 0 Å². The number of hydrogen-bond acceptors (Lipinski definition) is 3. The highest BCUT2D eigenvalue weighted by atomic mass is 32.2. The maximum absolute atomic E-state index is 12.8. The highest BCUT2D eigenvalue weighted by molar-refractivity contribution is 7.89. The normalized spacial score (nSPS) is 11.7. The van der Waals surface area contributed by atoms with Crippen molar-refractivity contribution in [3.63, 3.8) is 0 Å². The lowest BCUT2D eigenvalue weighted by molar-refractivity contribution is 0.580.